The third-order valence-corrected chi connectivity index (χ3v) is 0.823. The maximum atomic E-state index is 10.9. The van der Waals surface area contributed by atoms with Gasteiger partial charge in [-0.25, -0.2) is 0 Å². The van der Waals surface area contributed by atoms with E-state index in [2.05, 4.69) is 4.99 Å². The van der Waals surface area contributed by atoms with Crippen molar-refractivity contribution in [2.75, 3.05) is 6.54 Å². The number of rotatable bonds is 2. The molecule has 0 radical (unpaired) electrons. The largest absolute Gasteiger partial charge is 0.459 e. The van der Waals surface area contributed by atoms with Gasteiger partial charge in [0.2, 0.25) is 0 Å². The van der Waals surface area contributed by atoms with Crippen LogP contribution in [0.15, 0.2) is 4.99 Å². The molecule has 11 heavy (non-hydrogen) atoms. The lowest BCUT2D eigenvalue weighted by Crippen LogP contribution is -2.25. The zero-order chi connectivity index (χ0) is 8.91. The van der Waals surface area contributed by atoms with Crippen molar-refractivity contribution in [2.45, 2.75) is 33.3 Å². The Morgan fingerprint density at radius 1 is 1.55 bits per heavy atom. The molecule has 0 aromatic carbocycles. The van der Waals surface area contributed by atoms with E-state index in [-0.39, 0.29) is 12.5 Å². The van der Waals surface area contributed by atoms with Crippen molar-refractivity contribution in [3.8, 4) is 0 Å². The number of hydrogen-bond donors (Lipinski definition) is 0. The van der Waals surface area contributed by atoms with Crippen molar-refractivity contribution in [2.24, 2.45) is 4.99 Å². The Labute approximate surface area is 67.5 Å². The fourth-order valence-corrected chi connectivity index (χ4v) is 0.540. The van der Waals surface area contributed by atoms with Gasteiger partial charge >= 0.3 is 5.97 Å². The normalized spacial score (nSPS) is 12.0. The van der Waals surface area contributed by atoms with Crippen LogP contribution in [0.5, 0.6) is 0 Å². The van der Waals surface area contributed by atoms with Crippen LogP contribution in [-0.2, 0) is 9.53 Å². The Morgan fingerprint density at radius 3 is 2.45 bits per heavy atom. The van der Waals surface area contributed by atoms with Gasteiger partial charge in [0.15, 0.2) is 0 Å². The van der Waals surface area contributed by atoms with Gasteiger partial charge in [0, 0.05) is 0 Å². The smallest absolute Gasteiger partial charge is 0.328 e. The van der Waals surface area contributed by atoms with Gasteiger partial charge in [-0.3, -0.25) is 9.79 Å². The number of nitrogens with zero attached hydrogens (tertiary/aromatic N) is 1. The van der Waals surface area contributed by atoms with Gasteiger partial charge in [0.05, 0.1) is 0 Å². The highest BCUT2D eigenvalue weighted by molar-refractivity contribution is 5.74. The Kier molecular flexibility index (Phi) is 3.79. The number of carbonyl (C=O) groups excluding carboxylic acids is 1. The summed E-state index contributed by atoms with van der Waals surface area (Å²) in [6, 6.07) is 0. The van der Waals surface area contributed by atoms with Crippen molar-refractivity contribution in [3.05, 3.63) is 0 Å². The molecule has 64 valence electrons. The minimum absolute atomic E-state index is 0.119. The van der Waals surface area contributed by atoms with Crippen molar-refractivity contribution in [1.29, 1.82) is 0 Å². The van der Waals surface area contributed by atoms with Crippen molar-refractivity contribution in [1.82, 2.24) is 0 Å². The van der Waals surface area contributed by atoms with Crippen molar-refractivity contribution < 1.29 is 9.53 Å². The van der Waals surface area contributed by atoms with Gasteiger partial charge < -0.3 is 4.74 Å². The molecular formula is C8H15NO2. The van der Waals surface area contributed by atoms with E-state index in [0.717, 1.165) is 0 Å². The molecule has 0 unspecified atom stereocenters. The average molecular weight is 157 g/mol. The van der Waals surface area contributed by atoms with E-state index in [0.29, 0.717) is 0 Å². The third-order valence-electron chi connectivity index (χ3n) is 0.823. The Morgan fingerprint density at radius 2 is 2.09 bits per heavy atom. The van der Waals surface area contributed by atoms with E-state index in [1.807, 2.05) is 20.8 Å². The maximum absolute atomic E-state index is 10.9. The SMILES string of the molecule is CC=NCC(=O)OC(C)(C)C. The molecule has 0 aromatic rings. The van der Waals surface area contributed by atoms with Gasteiger partial charge in [-0.1, -0.05) is 0 Å². The summed E-state index contributed by atoms with van der Waals surface area (Å²) in [6.45, 7) is 7.39. The van der Waals surface area contributed by atoms with E-state index in [1.165, 1.54) is 0 Å². The molecule has 3 nitrogen and oxygen atoms in total. The fourth-order valence-electron chi connectivity index (χ4n) is 0.540. The molecule has 0 saturated heterocycles. The fraction of sp³-hybridized carbons (Fsp3) is 0.750. The van der Waals surface area contributed by atoms with Crippen molar-refractivity contribution in [3.63, 3.8) is 0 Å². The molecule has 0 spiro atoms. The van der Waals surface area contributed by atoms with E-state index in [9.17, 15) is 4.79 Å². The van der Waals surface area contributed by atoms with Gasteiger partial charge in [0.1, 0.15) is 12.1 Å². The van der Waals surface area contributed by atoms with E-state index in [1.54, 1.807) is 13.1 Å². The van der Waals surface area contributed by atoms with Gasteiger partial charge in [0.25, 0.3) is 0 Å². The monoisotopic (exact) mass is 157 g/mol. The molecule has 0 aliphatic heterocycles. The molecule has 0 N–H and O–H groups in total. The average Bonchev–Trinajstić information content (AvgIpc) is 1.79. The number of ether oxygens (including phenoxy) is 1. The molecule has 0 fully saturated rings. The summed E-state index contributed by atoms with van der Waals surface area (Å²) in [5, 5.41) is 0. The van der Waals surface area contributed by atoms with Gasteiger partial charge in [-0.15, -0.1) is 0 Å². The predicted molar refractivity (Wildman–Crippen MR) is 44.9 cm³/mol. The Bertz CT molecular complexity index is 156. The Balaban J connectivity index is 3.70. The van der Waals surface area contributed by atoms with Crippen LogP contribution in [0.1, 0.15) is 27.7 Å². The number of hydrogen-bond acceptors (Lipinski definition) is 3. The minimum Gasteiger partial charge on any atom is -0.459 e. The summed E-state index contributed by atoms with van der Waals surface area (Å²) in [4.78, 5) is 14.6. The second-order valence-corrected chi connectivity index (χ2v) is 3.19. The van der Waals surface area contributed by atoms with Crippen LogP contribution in [0.2, 0.25) is 0 Å². The second-order valence-electron chi connectivity index (χ2n) is 3.19. The van der Waals surface area contributed by atoms with Crippen LogP contribution in [0.3, 0.4) is 0 Å². The highest BCUT2D eigenvalue weighted by Gasteiger charge is 2.14. The maximum Gasteiger partial charge on any atom is 0.328 e. The number of esters is 1. The topological polar surface area (TPSA) is 38.7 Å². The van der Waals surface area contributed by atoms with E-state index >= 15 is 0 Å². The highest BCUT2D eigenvalue weighted by Crippen LogP contribution is 2.06. The molecule has 3 heteroatoms. The quantitative estimate of drug-likeness (QED) is 0.449. The van der Waals surface area contributed by atoms with Crippen LogP contribution >= 0.6 is 0 Å². The van der Waals surface area contributed by atoms with Crippen LogP contribution < -0.4 is 0 Å². The second kappa shape index (κ2) is 4.11. The molecule has 0 aliphatic rings. The van der Waals surface area contributed by atoms with Gasteiger partial charge in [-0.05, 0) is 33.9 Å². The van der Waals surface area contributed by atoms with E-state index in [4.69, 9.17) is 4.74 Å². The van der Waals surface area contributed by atoms with Crippen LogP contribution in [-0.4, -0.2) is 24.3 Å². The first-order chi connectivity index (χ1) is 4.95. The molecule has 0 heterocycles. The summed E-state index contributed by atoms with van der Waals surface area (Å²) in [5.74, 6) is -0.282. The first kappa shape index (κ1) is 10.1. The lowest BCUT2D eigenvalue weighted by molar-refractivity contribution is -0.152. The summed E-state index contributed by atoms with van der Waals surface area (Å²) in [5.41, 5.74) is -0.402. The van der Waals surface area contributed by atoms with Gasteiger partial charge in [-0.2, -0.15) is 0 Å². The van der Waals surface area contributed by atoms with Crippen LogP contribution in [0, 0.1) is 0 Å². The number of carbonyl (C=O) groups is 1. The predicted octanol–water partition coefficient (Wildman–Crippen LogP) is 1.42. The zero-order valence-corrected chi connectivity index (χ0v) is 7.55. The summed E-state index contributed by atoms with van der Waals surface area (Å²) in [7, 11) is 0. The molecule has 0 aromatic heterocycles. The molecular weight excluding hydrogens is 142 g/mol. The molecule has 0 saturated carbocycles. The summed E-state index contributed by atoms with van der Waals surface area (Å²) >= 11 is 0. The lowest BCUT2D eigenvalue weighted by Gasteiger charge is -2.18. The lowest BCUT2D eigenvalue weighted by atomic mass is 10.2. The number of aliphatic imine (C=N–C) groups is 1. The van der Waals surface area contributed by atoms with Crippen molar-refractivity contribution >= 4 is 12.2 Å². The molecule has 0 aliphatic carbocycles. The Hall–Kier alpha value is -0.860. The summed E-state index contributed by atoms with van der Waals surface area (Å²) in [6.07, 6.45) is 1.59. The minimum atomic E-state index is -0.402. The molecule has 0 atom stereocenters. The first-order valence-electron chi connectivity index (χ1n) is 3.62. The van der Waals surface area contributed by atoms with Crippen LogP contribution in [0.4, 0.5) is 0 Å². The molecule has 0 rings (SSSR count). The first-order valence-corrected chi connectivity index (χ1v) is 3.62. The van der Waals surface area contributed by atoms with E-state index < -0.39 is 5.60 Å². The molecule has 0 bridgehead atoms. The zero-order valence-electron chi connectivity index (χ0n) is 7.55. The van der Waals surface area contributed by atoms with Crippen LogP contribution in [0.25, 0.3) is 0 Å². The third kappa shape index (κ3) is 7.03. The molecule has 0 amide bonds. The highest BCUT2D eigenvalue weighted by atomic mass is 16.6. The standard InChI is InChI=1S/C8H15NO2/c1-5-9-6-7(10)11-8(2,3)4/h5H,6H2,1-4H3. The summed E-state index contributed by atoms with van der Waals surface area (Å²) < 4.78 is 4.99.